The van der Waals surface area contributed by atoms with Crippen molar-refractivity contribution in [3.63, 3.8) is 0 Å². The second kappa shape index (κ2) is 15.1. The van der Waals surface area contributed by atoms with Gasteiger partial charge in [-0.3, -0.25) is 4.90 Å². The molecule has 0 heterocycles. The van der Waals surface area contributed by atoms with Gasteiger partial charge in [-0.25, -0.2) is 0 Å². The van der Waals surface area contributed by atoms with Crippen molar-refractivity contribution in [2.45, 2.75) is 105 Å². The maximum atomic E-state index is 14.1. The average Bonchev–Trinajstić information content (AvgIpc) is 2.88. The fourth-order valence-corrected chi connectivity index (χ4v) is 4.10. The minimum absolute atomic E-state index is 0.0738. The molecular formula is C23H28F22N2O2. The van der Waals surface area contributed by atoms with Crippen LogP contribution in [0.3, 0.4) is 0 Å². The summed E-state index contributed by atoms with van der Waals surface area (Å²) in [6.45, 7) is -0.728. The molecule has 2 N–H and O–H groups in total. The van der Waals surface area contributed by atoms with Gasteiger partial charge in [-0.1, -0.05) is 13.8 Å². The minimum Gasteiger partial charge on any atom is -0.392 e. The molecule has 296 valence electrons. The Balaban J connectivity index is 6.29. The first kappa shape index (κ1) is 47.3. The maximum absolute atomic E-state index is 14.1. The molecule has 2 unspecified atom stereocenters. The Hall–Kier alpha value is -1.70. The number of nitrogens with zero attached hydrogens (tertiary/aromatic N) is 2. The lowest BCUT2D eigenvalue weighted by Gasteiger charge is -2.39. The summed E-state index contributed by atoms with van der Waals surface area (Å²) in [5.74, 6) is -59.7. The topological polar surface area (TPSA) is 46.9 Å². The van der Waals surface area contributed by atoms with E-state index < -0.39 is 104 Å². The van der Waals surface area contributed by atoms with Crippen LogP contribution in [0.15, 0.2) is 0 Å². The second-order valence-corrected chi connectivity index (χ2v) is 10.7. The van der Waals surface area contributed by atoms with E-state index in [2.05, 4.69) is 0 Å². The molecule has 0 bridgehead atoms. The summed E-state index contributed by atoms with van der Waals surface area (Å²) >= 11 is 0. The number of hydrogen-bond acceptors (Lipinski definition) is 4. The van der Waals surface area contributed by atoms with E-state index in [1.54, 1.807) is 18.7 Å². The molecule has 0 aromatic rings. The van der Waals surface area contributed by atoms with Crippen LogP contribution in [-0.2, 0) is 0 Å². The Bertz CT molecular complexity index is 969. The normalized spacial score (nSPS) is 16.9. The molecule has 0 aliphatic heterocycles. The van der Waals surface area contributed by atoms with Crippen molar-refractivity contribution in [3.8, 4) is 0 Å². The van der Waals surface area contributed by atoms with Gasteiger partial charge in [-0.05, 0) is 32.6 Å². The zero-order valence-electron chi connectivity index (χ0n) is 24.6. The van der Waals surface area contributed by atoms with Crippen molar-refractivity contribution in [1.29, 1.82) is 0 Å². The fourth-order valence-electron chi connectivity index (χ4n) is 4.10. The summed E-state index contributed by atoms with van der Waals surface area (Å²) in [5, 5.41) is 19.7. The third-order valence-electron chi connectivity index (χ3n) is 6.97. The molecule has 0 aromatic heterocycles. The molecule has 0 radical (unpaired) electrons. The Morgan fingerprint density at radius 2 is 0.673 bits per heavy atom. The van der Waals surface area contributed by atoms with Gasteiger partial charge in [0.15, 0.2) is 0 Å². The molecule has 0 aromatic carbocycles. The lowest BCUT2D eigenvalue weighted by molar-refractivity contribution is -0.423. The zero-order valence-corrected chi connectivity index (χ0v) is 24.6. The predicted octanol–water partition coefficient (Wildman–Crippen LogP) is 7.73. The van der Waals surface area contributed by atoms with E-state index in [1.165, 1.54) is 0 Å². The van der Waals surface area contributed by atoms with Crippen LogP contribution in [0.5, 0.6) is 0 Å². The highest BCUT2D eigenvalue weighted by molar-refractivity contribution is 5.08. The number of rotatable bonds is 20. The molecule has 0 rings (SSSR count). The Labute approximate surface area is 262 Å². The van der Waals surface area contributed by atoms with Gasteiger partial charge in [0.05, 0.1) is 12.2 Å². The van der Waals surface area contributed by atoms with Crippen LogP contribution in [0, 0.1) is 0 Å². The van der Waals surface area contributed by atoms with Crippen molar-refractivity contribution >= 4 is 0 Å². The SMILES string of the molecule is CCN(CC)CCCN(CC(O)CC(F)(F)C(F)(F)C(F)(F)C(F)(F)C(F)(F)F)CC(O)CC(F)(F)C(F)(F)C(F)(F)C(F)(F)C(F)(F)F. The van der Waals surface area contributed by atoms with Gasteiger partial charge in [0.2, 0.25) is 0 Å². The van der Waals surface area contributed by atoms with Crippen LogP contribution in [0.1, 0.15) is 33.1 Å². The third kappa shape index (κ3) is 9.40. The quantitative estimate of drug-likeness (QED) is 0.124. The van der Waals surface area contributed by atoms with Crippen molar-refractivity contribution in [2.75, 3.05) is 39.3 Å². The predicted molar refractivity (Wildman–Crippen MR) is 122 cm³/mol. The summed E-state index contributed by atoms with van der Waals surface area (Å²) in [5.41, 5.74) is 0. The van der Waals surface area contributed by atoms with E-state index in [0.29, 0.717) is 0 Å². The first-order valence-corrected chi connectivity index (χ1v) is 13.3. The van der Waals surface area contributed by atoms with Gasteiger partial charge >= 0.3 is 59.7 Å². The molecule has 49 heavy (non-hydrogen) atoms. The lowest BCUT2D eigenvalue weighted by atomic mass is 9.93. The fraction of sp³-hybridized carbons (Fsp3) is 1.00. The third-order valence-corrected chi connectivity index (χ3v) is 6.97. The van der Waals surface area contributed by atoms with E-state index in [9.17, 15) is 107 Å². The van der Waals surface area contributed by atoms with Crippen LogP contribution in [0.25, 0.3) is 0 Å². The highest BCUT2D eigenvalue weighted by Gasteiger charge is 2.88. The maximum Gasteiger partial charge on any atom is 0.460 e. The molecular weight excluding hydrogens is 754 g/mol. The van der Waals surface area contributed by atoms with Crippen LogP contribution in [0.2, 0.25) is 0 Å². The standard InChI is InChI=1S/C23H28F22N2O2/c1-3-46(4-2)6-5-7-47(10-12(48)8-14(24,25)16(28,29)18(32,33)20(36,37)22(40,41)42)11-13(49)9-15(26,27)17(30,31)19(34,35)21(38,39)23(43,44)45/h12-13,48-49H,3-11H2,1-2H3. The minimum atomic E-state index is -7.87. The highest BCUT2D eigenvalue weighted by atomic mass is 19.4. The van der Waals surface area contributed by atoms with Crippen LogP contribution < -0.4 is 0 Å². The van der Waals surface area contributed by atoms with Crippen molar-refractivity contribution < 1.29 is 107 Å². The molecule has 4 nitrogen and oxygen atoms in total. The molecule has 0 amide bonds. The zero-order chi connectivity index (χ0) is 39.7. The summed E-state index contributed by atoms with van der Waals surface area (Å²) < 4.78 is 292. The largest absolute Gasteiger partial charge is 0.460 e. The molecule has 0 saturated carbocycles. The summed E-state index contributed by atoms with van der Waals surface area (Å²) in [4.78, 5) is 1.73. The number of halogens is 22. The summed E-state index contributed by atoms with van der Waals surface area (Å²) in [6, 6.07) is 0. The molecule has 0 spiro atoms. The second-order valence-electron chi connectivity index (χ2n) is 10.7. The van der Waals surface area contributed by atoms with E-state index in [0.717, 1.165) is 0 Å². The molecule has 0 aliphatic carbocycles. The number of aliphatic hydroxyl groups is 2. The van der Waals surface area contributed by atoms with Gasteiger partial charge in [-0.15, -0.1) is 0 Å². The van der Waals surface area contributed by atoms with E-state index in [1.807, 2.05) is 0 Å². The van der Waals surface area contributed by atoms with Crippen LogP contribution >= 0.6 is 0 Å². The van der Waals surface area contributed by atoms with Gasteiger partial charge in [-0.2, -0.15) is 96.6 Å². The molecule has 26 heteroatoms. The Morgan fingerprint density at radius 1 is 0.408 bits per heavy atom. The number of aliphatic hydroxyl groups excluding tert-OH is 2. The van der Waals surface area contributed by atoms with Crippen molar-refractivity contribution in [3.05, 3.63) is 0 Å². The molecule has 0 aliphatic rings. The smallest absolute Gasteiger partial charge is 0.392 e. The monoisotopic (exact) mass is 782 g/mol. The average molecular weight is 782 g/mol. The first-order chi connectivity index (χ1) is 21.4. The molecule has 0 saturated heterocycles. The highest BCUT2D eigenvalue weighted by Crippen LogP contribution is 2.59. The Morgan fingerprint density at radius 3 is 0.918 bits per heavy atom. The number of alkyl halides is 22. The Kier molecular flexibility index (Phi) is 14.6. The summed E-state index contributed by atoms with van der Waals surface area (Å²) in [6.07, 6.45) is -28.0. The van der Waals surface area contributed by atoms with Crippen molar-refractivity contribution in [1.82, 2.24) is 9.80 Å². The van der Waals surface area contributed by atoms with Crippen LogP contribution in [-0.4, -0.2) is 131 Å². The van der Waals surface area contributed by atoms with E-state index >= 15 is 0 Å². The van der Waals surface area contributed by atoms with Gasteiger partial charge < -0.3 is 15.1 Å². The van der Waals surface area contributed by atoms with Crippen molar-refractivity contribution in [2.24, 2.45) is 0 Å². The van der Waals surface area contributed by atoms with Crippen LogP contribution in [0.4, 0.5) is 96.6 Å². The summed E-state index contributed by atoms with van der Waals surface area (Å²) in [7, 11) is 0. The number of hydrogen-bond donors (Lipinski definition) is 2. The lowest BCUT2D eigenvalue weighted by Crippen LogP contribution is -2.67. The van der Waals surface area contributed by atoms with Gasteiger partial charge in [0.1, 0.15) is 0 Å². The van der Waals surface area contributed by atoms with E-state index in [4.69, 9.17) is 0 Å². The van der Waals surface area contributed by atoms with Gasteiger partial charge in [0, 0.05) is 25.9 Å². The molecule has 2 atom stereocenters. The van der Waals surface area contributed by atoms with E-state index in [-0.39, 0.29) is 31.0 Å². The van der Waals surface area contributed by atoms with Gasteiger partial charge in [0.25, 0.3) is 0 Å². The first-order valence-electron chi connectivity index (χ1n) is 13.3. The molecule has 0 fully saturated rings.